The molecule has 1 aromatic heterocycles. The first-order valence-corrected chi connectivity index (χ1v) is 8.51. The van der Waals surface area contributed by atoms with Gasteiger partial charge in [0.25, 0.3) is 0 Å². The fraction of sp³-hybridized carbons (Fsp3) is 0.400. The summed E-state index contributed by atoms with van der Waals surface area (Å²) in [5.74, 6) is 5.15. The third-order valence-electron chi connectivity index (χ3n) is 3.40. The number of carbonyl (C=O) groups is 1. The molecule has 0 aliphatic carbocycles. The predicted molar refractivity (Wildman–Crippen MR) is 95.9 cm³/mol. The Labute approximate surface area is 153 Å². The van der Waals surface area contributed by atoms with Gasteiger partial charge in [0.15, 0.2) is 5.82 Å². The summed E-state index contributed by atoms with van der Waals surface area (Å²) in [5, 5.41) is 21.1. The molecular weight excluding hydrogens is 363 g/mol. The zero-order valence-corrected chi connectivity index (χ0v) is 15.5. The van der Waals surface area contributed by atoms with Gasteiger partial charge in [-0.3, -0.25) is 14.9 Å². The average molecular weight is 382 g/mol. The number of hydrogen-bond acceptors (Lipinski definition) is 7. The second-order valence-corrected chi connectivity index (χ2v) is 7.91. The number of aromatic nitrogens is 3. The number of hydrogen-bond donors (Lipinski definition) is 2. The predicted octanol–water partition coefficient (Wildman–Crippen LogP) is 2.46. The zero-order valence-electron chi connectivity index (χ0n) is 14.7. The molecule has 1 aromatic carbocycles. The number of nitrogens with zero attached hydrogens (tertiary/aromatic N) is 4. The Morgan fingerprint density at radius 1 is 1.42 bits per heavy atom. The summed E-state index contributed by atoms with van der Waals surface area (Å²) >= 11 is 1.09. The van der Waals surface area contributed by atoms with Crippen LogP contribution < -0.4 is 11.2 Å². The Bertz CT molecular complexity index is 848. The molecule has 11 heteroatoms. The van der Waals surface area contributed by atoms with E-state index in [0.29, 0.717) is 11.0 Å². The van der Waals surface area contributed by atoms with Crippen LogP contribution in [0.4, 0.5) is 15.8 Å². The van der Waals surface area contributed by atoms with Crippen molar-refractivity contribution in [1.82, 2.24) is 14.9 Å². The van der Waals surface area contributed by atoms with Gasteiger partial charge < -0.3 is 11.2 Å². The minimum Gasteiger partial charge on any atom is -0.336 e. The van der Waals surface area contributed by atoms with Gasteiger partial charge >= 0.3 is 5.69 Å². The molecule has 0 aliphatic heterocycles. The minimum atomic E-state index is -0.971. The molecule has 1 atom stereocenters. The molecule has 0 fully saturated rings. The molecule has 140 valence electrons. The number of benzene rings is 1. The summed E-state index contributed by atoms with van der Waals surface area (Å²) in [6.07, 6.45) is 0. The van der Waals surface area contributed by atoms with E-state index >= 15 is 0 Å². The third-order valence-corrected chi connectivity index (χ3v) is 4.45. The van der Waals surface area contributed by atoms with Gasteiger partial charge in [0.1, 0.15) is 0 Å². The van der Waals surface area contributed by atoms with Gasteiger partial charge in [-0.2, -0.15) is 4.39 Å². The van der Waals surface area contributed by atoms with Crippen molar-refractivity contribution in [1.29, 1.82) is 0 Å². The van der Waals surface area contributed by atoms with Crippen LogP contribution in [0.1, 0.15) is 33.5 Å². The second-order valence-electron chi connectivity index (χ2n) is 6.60. The Balaban J connectivity index is 2.10. The van der Waals surface area contributed by atoms with Crippen LogP contribution in [0.3, 0.4) is 0 Å². The number of nitro groups is 1. The highest BCUT2D eigenvalue weighted by atomic mass is 32.2. The highest BCUT2D eigenvalue weighted by Crippen LogP contribution is 2.27. The van der Waals surface area contributed by atoms with E-state index in [-0.39, 0.29) is 11.1 Å². The van der Waals surface area contributed by atoms with Crippen molar-refractivity contribution in [2.45, 2.75) is 43.5 Å². The maximum Gasteiger partial charge on any atom is 0.306 e. The number of nitrogens with one attached hydrogen (secondary N) is 1. The molecule has 0 radical (unpaired) electrons. The van der Waals surface area contributed by atoms with Crippen LogP contribution in [0.15, 0.2) is 23.4 Å². The van der Waals surface area contributed by atoms with E-state index in [1.807, 2.05) is 20.8 Å². The zero-order chi connectivity index (χ0) is 19.6. The van der Waals surface area contributed by atoms with Crippen molar-refractivity contribution in [2.75, 3.05) is 11.2 Å². The molecular formula is C15H19FN6O3S. The van der Waals surface area contributed by atoms with Crippen LogP contribution in [0.2, 0.25) is 0 Å². The average Bonchev–Trinajstić information content (AvgIpc) is 2.89. The number of rotatable bonds is 5. The Kier molecular flexibility index (Phi) is 5.50. The summed E-state index contributed by atoms with van der Waals surface area (Å²) in [6, 6.07) is 3.15. The van der Waals surface area contributed by atoms with Gasteiger partial charge in [0, 0.05) is 17.2 Å². The summed E-state index contributed by atoms with van der Waals surface area (Å²) < 4.78 is 14.7. The van der Waals surface area contributed by atoms with Gasteiger partial charge in [-0.25, -0.2) is 4.68 Å². The van der Waals surface area contributed by atoms with Gasteiger partial charge in [0.2, 0.25) is 16.9 Å². The van der Waals surface area contributed by atoms with E-state index in [0.717, 1.165) is 23.9 Å². The van der Waals surface area contributed by atoms with Crippen LogP contribution in [-0.2, 0) is 10.2 Å². The van der Waals surface area contributed by atoms with E-state index in [1.54, 1.807) is 6.92 Å². The lowest BCUT2D eigenvalue weighted by Gasteiger charge is -2.17. The highest BCUT2D eigenvalue weighted by molar-refractivity contribution is 8.00. The van der Waals surface area contributed by atoms with Crippen molar-refractivity contribution in [3.05, 3.63) is 40.0 Å². The van der Waals surface area contributed by atoms with Gasteiger partial charge in [-0.05, 0) is 19.1 Å². The number of anilines is 1. The lowest BCUT2D eigenvalue weighted by atomic mass is 9.96. The smallest absolute Gasteiger partial charge is 0.306 e. The van der Waals surface area contributed by atoms with Crippen LogP contribution in [-0.4, -0.2) is 31.0 Å². The molecule has 2 rings (SSSR count). The summed E-state index contributed by atoms with van der Waals surface area (Å²) in [4.78, 5) is 22.2. The SMILES string of the molecule is CC(Sc1nnc(C(C)(C)C)n1N)C(=O)Nc1ccc(F)c([N+](=O)[O-])c1. The second kappa shape index (κ2) is 7.28. The normalized spacial score (nSPS) is 12.7. The monoisotopic (exact) mass is 382 g/mol. The quantitative estimate of drug-likeness (QED) is 0.352. The van der Waals surface area contributed by atoms with Crippen LogP contribution in [0.25, 0.3) is 0 Å². The molecule has 0 saturated heterocycles. The lowest BCUT2D eigenvalue weighted by molar-refractivity contribution is -0.387. The van der Waals surface area contributed by atoms with Crippen molar-refractivity contribution < 1.29 is 14.1 Å². The molecule has 0 aliphatic rings. The van der Waals surface area contributed by atoms with Crippen LogP contribution >= 0.6 is 11.8 Å². The fourth-order valence-electron chi connectivity index (χ4n) is 2.05. The molecule has 3 N–H and O–H groups in total. The van der Waals surface area contributed by atoms with E-state index in [4.69, 9.17) is 5.84 Å². The van der Waals surface area contributed by atoms with Crippen molar-refractivity contribution in [3.63, 3.8) is 0 Å². The third kappa shape index (κ3) is 4.28. The number of halogens is 1. The van der Waals surface area contributed by atoms with Gasteiger partial charge in [-0.15, -0.1) is 10.2 Å². The van der Waals surface area contributed by atoms with Crippen LogP contribution in [0.5, 0.6) is 0 Å². The first kappa shape index (κ1) is 19.6. The largest absolute Gasteiger partial charge is 0.336 e. The lowest BCUT2D eigenvalue weighted by Crippen LogP contribution is -2.26. The van der Waals surface area contributed by atoms with Gasteiger partial charge in [-0.1, -0.05) is 32.5 Å². The molecule has 1 heterocycles. The Hall–Kier alpha value is -2.69. The summed E-state index contributed by atoms with van der Waals surface area (Å²) in [6.45, 7) is 7.44. The van der Waals surface area contributed by atoms with E-state index in [1.165, 1.54) is 10.7 Å². The Morgan fingerprint density at radius 2 is 2.08 bits per heavy atom. The maximum absolute atomic E-state index is 13.4. The number of nitro benzene ring substituents is 1. The number of amides is 1. The number of nitrogen functional groups attached to an aromatic ring is 1. The molecule has 2 aromatic rings. The fourth-order valence-corrected chi connectivity index (χ4v) is 2.82. The first-order valence-electron chi connectivity index (χ1n) is 7.63. The van der Waals surface area contributed by atoms with Crippen molar-refractivity contribution in [3.8, 4) is 0 Å². The first-order chi connectivity index (χ1) is 12.0. The minimum absolute atomic E-state index is 0.125. The number of carbonyl (C=O) groups excluding carboxylic acids is 1. The van der Waals surface area contributed by atoms with Crippen molar-refractivity contribution in [2.24, 2.45) is 0 Å². The number of nitrogens with two attached hydrogens (primary N) is 1. The molecule has 1 amide bonds. The molecule has 1 unspecified atom stereocenters. The highest BCUT2D eigenvalue weighted by Gasteiger charge is 2.25. The molecule has 0 bridgehead atoms. The molecule has 0 saturated carbocycles. The van der Waals surface area contributed by atoms with E-state index < -0.39 is 27.6 Å². The topological polar surface area (TPSA) is 129 Å². The molecule has 26 heavy (non-hydrogen) atoms. The van der Waals surface area contributed by atoms with Crippen molar-refractivity contribution >= 4 is 29.0 Å². The number of thioether (sulfide) groups is 1. The summed E-state index contributed by atoms with van der Waals surface area (Å²) in [5.41, 5.74) is -0.890. The van der Waals surface area contributed by atoms with Gasteiger partial charge in [0.05, 0.1) is 10.2 Å². The Morgan fingerprint density at radius 3 is 2.62 bits per heavy atom. The van der Waals surface area contributed by atoms with E-state index in [2.05, 4.69) is 15.5 Å². The standard InChI is InChI=1S/C15H19FN6O3S/c1-8(26-14-20-19-13(21(14)17)15(2,3)4)12(23)18-9-5-6-10(16)11(7-9)22(24)25/h5-8H,17H2,1-4H3,(H,18,23). The van der Waals surface area contributed by atoms with E-state index in [9.17, 15) is 19.3 Å². The maximum atomic E-state index is 13.4. The molecule has 9 nitrogen and oxygen atoms in total. The van der Waals surface area contributed by atoms with Crippen LogP contribution in [0, 0.1) is 15.9 Å². The summed E-state index contributed by atoms with van der Waals surface area (Å²) in [7, 11) is 0. The molecule has 0 spiro atoms.